The Morgan fingerprint density at radius 1 is 1.31 bits per heavy atom. The van der Waals surface area contributed by atoms with Crippen molar-refractivity contribution in [3.05, 3.63) is 45.7 Å². The van der Waals surface area contributed by atoms with Crippen molar-refractivity contribution < 1.29 is 0 Å². The summed E-state index contributed by atoms with van der Waals surface area (Å²) >= 11 is 7.37. The molecule has 0 aliphatic heterocycles. The molecule has 0 atom stereocenters. The van der Waals surface area contributed by atoms with E-state index in [2.05, 4.69) is 0 Å². The molecule has 0 amide bonds. The molecule has 0 unspecified atom stereocenters. The van der Waals surface area contributed by atoms with Gasteiger partial charge in [-0.2, -0.15) is 0 Å². The predicted molar refractivity (Wildman–Crippen MR) is 54.5 cm³/mol. The second-order valence-corrected chi connectivity index (χ2v) is 3.83. The molecule has 2 aromatic rings. The number of benzene rings is 1. The number of hydrogen-bond donors (Lipinski definition) is 1. The molecule has 1 aromatic carbocycles. The Morgan fingerprint density at radius 3 is 2.69 bits per heavy atom. The molecule has 0 spiro atoms. The first-order chi connectivity index (χ1) is 6.29. The summed E-state index contributed by atoms with van der Waals surface area (Å²) in [5.74, 6) is 0. The molecular formula is C9H7ClN2S. The molecule has 13 heavy (non-hydrogen) atoms. The molecule has 1 heterocycles. The minimum Gasteiger partial charge on any atom is -0.291 e. The van der Waals surface area contributed by atoms with Crippen LogP contribution in [0.1, 0.15) is 0 Å². The zero-order chi connectivity index (χ0) is 9.26. The van der Waals surface area contributed by atoms with E-state index in [1.165, 1.54) is 11.3 Å². The smallest absolute Gasteiger partial charge is 0.186 e. The van der Waals surface area contributed by atoms with Gasteiger partial charge in [-0.25, -0.2) is 0 Å². The number of nitrogens with one attached hydrogen (secondary N) is 1. The number of hydrogen-bond acceptors (Lipinski definition) is 2. The lowest BCUT2D eigenvalue weighted by atomic mass is 10.3. The van der Waals surface area contributed by atoms with Crippen LogP contribution in [0.4, 0.5) is 0 Å². The van der Waals surface area contributed by atoms with E-state index in [1.54, 1.807) is 4.57 Å². The van der Waals surface area contributed by atoms with Crippen molar-refractivity contribution in [3.8, 4) is 5.69 Å². The Morgan fingerprint density at radius 2 is 2.08 bits per heavy atom. The van der Waals surface area contributed by atoms with Crippen LogP contribution >= 0.6 is 22.9 Å². The maximum atomic E-state index is 7.61. The highest BCUT2D eigenvalue weighted by Gasteiger charge is 2.01. The van der Waals surface area contributed by atoms with Crippen molar-refractivity contribution in [2.45, 2.75) is 0 Å². The first-order valence-electron chi connectivity index (χ1n) is 3.74. The van der Waals surface area contributed by atoms with E-state index in [1.807, 2.05) is 35.8 Å². The highest BCUT2D eigenvalue weighted by atomic mass is 35.5. The summed E-state index contributed by atoms with van der Waals surface area (Å²) in [5, 5.41) is 10.1. The largest absolute Gasteiger partial charge is 0.291 e. The molecule has 1 N–H and O–H groups in total. The average molecular weight is 211 g/mol. The van der Waals surface area contributed by atoms with Gasteiger partial charge in [-0.15, -0.1) is 11.3 Å². The van der Waals surface area contributed by atoms with E-state index in [4.69, 9.17) is 17.0 Å². The van der Waals surface area contributed by atoms with Crippen molar-refractivity contribution in [3.63, 3.8) is 0 Å². The normalized spacial score (nSPS) is 10.2. The second kappa shape index (κ2) is 3.36. The Kier molecular flexibility index (Phi) is 2.20. The quantitative estimate of drug-likeness (QED) is 0.750. The average Bonchev–Trinajstić information content (AvgIpc) is 2.52. The lowest BCUT2D eigenvalue weighted by molar-refractivity contribution is 0.980. The molecule has 0 saturated carbocycles. The van der Waals surface area contributed by atoms with Crippen LogP contribution in [0.2, 0.25) is 5.02 Å². The van der Waals surface area contributed by atoms with Gasteiger partial charge in [0.15, 0.2) is 4.80 Å². The van der Waals surface area contributed by atoms with Gasteiger partial charge < -0.3 is 0 Å². The maximum Gasteiger partial charge on any atom is 0.186 e. The molecule has 1 aromatic heterocycles. The highest BCUT2D eigenvalue weighted by molar-refractivity contribution is 7.07. The monoisotopic (exact) mass is 210 g/mol. The zero-order valence-corrected chi connectivity index (χ0v) is 8.27. The molecule has 2 nitrogen and oxygen atoms in total. The van der Waals surface area contributed by atoms with Gasteiger partial charge in [-0.3, -0.25) is 9.98 Å². The molecule has 0 aliphatic carbocycles. The van der Waals surface area contributed by atoms with Crippen LogP contribution in [0.15, 0.2) is 35.8 Å². The van der Waals surface area contributed by atoms with E-state index in [9.17, 15) is 0 Å². The highest BCUT2D eigenvalue weighted by Crippen LogP contribution is 2.18. The van der Waals surface area contributed by atoms with Crippen LogP contribution in [0.5, 0.6) is 0 Å². The van der Waals surface area contributed by atoms with Gasteiger partial charge in [-0.05, 0) is 12.1 Å². The molecule has 4 heteroatoms. The Balaban J connectivity index is 2.66. The lowest BCUT2D eigenvalue weighted by Gasteiger charge is -2.03. The van der Waals surface area contributed by atoms with E-state index in [-0.39, 0.29) is 0 Å². The van der Waals surface area contributed by atoms with E-state index < -0.39 is 0 Å². The van der Waals surface area contributed by atoms with Gasteiger partial charge in [-0.1, -0.05) is 23.7 Å². The van der Waals surface area contributed by atoms with Crippen LogP contribution in [0.25, 0.3) is 5.69 Å². The standard InChI is InChI=1S/C9H7ClN2S/c10-7-3-1-2-4-8(7)12-5-6-13-9(12)11/h1-6,11H. The summed E-state index contributed by atoms with van der Waals surface area (Å²) in [6.45, 7) is 0. The summed E-state index contributed by atoms with van der Waals surface area (Å²) in [5.41, 5.74) is 0.857. The van der Waals surface area contributed by atoms with Crippen LogP contribution < -0.4 is 4.80 Å². The SMILES string of the molecule is N=c1sccn1-c1ccccc1Cl. The number of halogens is 1. The third-order valence-corrected chi connectivity index (χ3v) is 2.72. The Labute approximate surface area is 84.5 Å². The van der Waals surface area contributed by atoms with Crippen molar-refractivity contribution in [2.24, 2.45) is 0 Å². The van der Waals surface area contributed by atoms with E-state index in [0.29, 0.717) is 9.82 Å². The number of thiazole rings is 1. The molecular weight excluding hydrogens is 204 g/mol. The second-order valence-electron chi connectivity index (χ2n) is 2.53. The molecule has 0 bridgehead atoms. The zero-order valence-electron chi connectivity index (χ0n) is 6.70. The van der Waals surface area contributed by atoms with E-state index in [0.717, 1.165) is 5.69 Å². The third kappa shape index (κ3) is 1.53. The predicted octanol–water partition coefficient (Wildman–Crippen LogP) is 2.67. The van der Waals surface area contributed by atoms with Gasteiger partial charge in [0.05, 0.1) is 10.7 Å². The van der Waals surface area contributed by atoms with Crippen LogP contribution in [-0.2, 0) is 0 Å². The number of aromatic nitrogens is 1. The Bertz CT molecular complexity index is 472. The molecule has 0 aliphatic rings. The topological polar surface area (TPSA) is 28.8 Å². The van der Waals surface area contributed by atoms with Crippen LogP contribution in [-0.4, -0.2) is 4.57 Å². The molecule has 0 saturated heterocycles. The van der Waals surface area contributed by atoms with Crippen molar-refractivity contribution in [1.29, 1.82) is 5.41 Å². The number of rotatable bonds is 1. The van der Waals surface area contributed by atoms with Crippen LogP contribution in [0, 0.1) is 5.41 Å². The fourth-order valence-electron chi connectivity index (χ4n) is 1.12. The fourth-order valence-corrected chi connectivity index (χ4v) is 1.93. The van der Waals surface area contributed by atoms with Crippen LogP contribution in [0.3, 0.4) is 0 Å². The van der Waals surface area contributed by atoms with Crippen molar-refractivity contribution >= 4 is 22.9 Å². The summed E-state index contributed by atoms with van der Waals surface area (Å²) in [4.78, 5) is 0.480. The van der Waals surface area contributed by atoms with Gasteiger partial charge in [0, 0.05) is 11.6 Å². The maximum absolute atomic E-state index is 7.61. The first-order valence-corrected chi connectivity index (χ1v) is 5.00. The van der Waals surface area contributed by atoms with Crippen molar-refractivity contribution in [1.82, 2.24) is 4.57 Å². The van der Waals surface area contributed by atoms with Gasteiger partial charge in [0.25, 0.3) is 0 Å². The summed E-state index contributed by atoms with van der Waals surface area (Å²) in [6, 6.07) is 7.50. The lowest BCUT2D eigenvalue weighted by Crippen LogP contribution is -2.09. The number of para-hydroxylation sites is 1. The molecule has 66 valence electrons. The molecule has 0 radical (unpaired) electrons. The van der Waals surface area contributed by atoms with Gasteiger partial charge >= 0.3 is 0 Å². The number of nitrogens with zero attached hydrogens (tertiary/aromatic N) is 1. The first kappa shape index (κ1) is 8.53. The Hall–Kier alpha value is -1.06. The minimum absolute atomic E-state index is 0.480. The summed E-state index contributed by atoms with van der Waals surface area (Å²) in [7, 11) is 0. The molecule has 2 rings (SSSR count). The van der Waals surface area contributed by atoms with E-state index >= 15 is 0 Å². The van der Waals surface area contributed by atoms with Gasteiger partial charge in [0.2, 0.25) is 0 Å². The minimum atomic E-state index is 0.480. The van der Waals surface area contributed by atoms with Gasteiger partial charge in [0.1, 0.15) is 0 Å². The molecule has 0 fully saturated rings. The fraction of sp³-hybridized carbons (Fsp3) is 0. The third-order valence-electron chi connectivity index (χ3n) is 1.72. The van der Waals surface area contributed by atoms with Crippen molar-refractivity contribution in [2.75, 3.05) is 0 Å². The summed E-state index contributed by atoms with van der Waals surface area (Å²) in [6.07, 6.45) is 1.84. The summed E-state index contributed by atoms with van der Waals surface area (Å²) < 4.78 is 1.76.